The third-order valence-corrected chi connectivity index (χ3v) is 7.24. The molecule has 0 aliphatic heterocycles. The van der Waals surface area contributed by atoms with Crippen molar-refractivity contribution >= 4 is 37.3 Å². The monoisotopic (exact) mass is 473 g/mol. The maximum atomic E-state index is 13.1. The molecule has 0 heterocycles. The molecule has 0 aliphatic carbocycles. The number of halogens is 1. The first kappa shape index (κ1) is 24.7. The topological polar surface area (TPSA) is 124 Å². The van der Waals surface area contributed by atoms with Crippen molar-refractivity contribution in [3.8, 4) is 0 Å². The number of likely N-dealkylation sites (N-methyl/N-ethyl adjacent to an activating group) is 1. The van der Waals surface area contributed by atoms with Gasteiger partial charge in [0.25, 0.3) is 0 Å². The molecule has 0 spiro atoms. The summed E-state index contributed by atoms with van der Waals surface area (Å²) in [7, 11) is -6.54. The zero-order chi connectivity index (χ0) is 23.4. The van der Waals surface area contributed by atoms with Gasteiger partial charge in [-0.05, 0) is 48.5 Å². The number of hydrogen-bond donors (Lipinski definition) is 2. The van der Waals surface area contributed by atoms with Crippen molar-refractivity contribution in [2.75, 3.05) is 36.0 Å². The fraction of sp³-hybridized carbons (Fsp3) is 0.316. The quantitative estimate of drug-likeness (QED) is 0.565. The Morgan fingerprint density at radius 3 is 2.06 bits per heavy atom. The number of aliphatic hydroxyl groups is 1. The number of carbonyl (C=O) groups is 1. The predicted octanol–water partition coefficient (Wildman–Crippen LogP) is 1.23. The van der Waals surface area contributed by atoms with Gasteiger partial charge in [-0.1, -0.05) is 0 Å². The first-order valence-electron chi connectivity index (χ1n) is 9.06. The van der Waals surface area contributed by atoms with Gasteiger partial charge in [0, 0.05) is 26.2 Å². The Labute approximate surface area is 181 Å². The molecule has 0 aromatic heterocycles. The zero-order valence-electron chi connectivity index (χ0n) is 17.2. The number of nitrogens with zero attached hydrogens (tertiary/aromatic N) is 2. The molecular weight excluding hydrogens is 449 g/mol. The third-order valence-electron chi connectivity index (χ3n) is 4.24. The first-order chi connectivity index (χ1) is 14.3. The van der Waals surface area contributed by atoms with Crippen molar-refractivity contribution in [3.05, 3.63) is 54.3 Å². The van der Waals surface area contributed by atoms with E-state index in [2.05, 4.69) is 5.32 Å². The van der Waals surface area contributed by atoms with Gasteiger partial charge in [0.15, 0.2) is 0 Å². The number of carbonyl (C=O) groups excluding carboxylic acids is 1. The van der Waals surface area contributed by atoms with Crippen LogP contribution in [0, 0.1) is 5.82 Å². The van der Waals surface area contributed by atoms with Crippen LogP contribution in [0.5, 0.6) is 0 Å². The van der Waals surface area contributed by atoms with Crippen molar-refractivity contribution in [2.24, 2.45) is 0 Å². The fourth-order valence-electron chi connectivity index (χ4n) is 2.78. The maximum Gasteiger partial charge on any atom is 0.242 e. The smallest absolute Gasteiger partial charge is 0.242 e. The largest absolute Gasteiger partial charge is 0.390 e. The number of aliphatic hydroxyl groups excluding tert-OH is 1. The minimum absolute atomic E-state index is 0.0604. The molecule has 2 N–H and O–H groups in total. The standard InChI is InChI=1S/C19H24FN3O6S2/c1-14(24)21-16-6-10-19(11-7-16)31(28,29)22(2)12-18(25)13-23(30(3,26)27)17-8-4-15(20)5-9-17/h4-11,18,25H,12-13H2,1-3H3,(H,21,24)/t18-/m1/s1. The summed E-state index contributed by atoms with van der Waals surface area (Å²) in [6.07, 6.45) is -0.432. The zero-order valence-corrected chi connectivity index (χ0v) is 18.8. The van der Waals surface area contributed by atoms with Crippen LogP contribution in [0.3, 0.4) is 0 Å². The van der Waals surface area contributed by atoms with Crippen molar-refractivity contribution in [2.45, 2.75) is 17.9 Å². The van der Waals surface area contributed by atoms with Crippen LogP contribution >= 0.6 is 0 Å². The van der Waals surface area contributed by atoms with E-state index in [1.807, 2.05) is 0 Å². The molecule has 0 saturated carbocycles. The molecule has 1 atom stereocenters. The van der Waals surface area contributed by atoms with Gasteiger partial charge in [-0.15, -0.1) is 0 Å². The lowest BCUT2D eigenvalue weighted by atomic mass is 10.3. The molecule has 31 heavy (non-hydrogen) atoms. The molecule has 2 aromatic rings. The number of amides is 1. The normalized spacial score (nSPS) is 13.1. The number of anilines is 2. The SMILES string of the molecule is CC(=O)Nc1ccc(S(=O)(=O)N(C)C[C@@H](O)CN(c2ccc(F)cc2)S(C)(=O)=O)cc1. The summed E-state index contributed by atoms with van der Waals surface area (Å²) in [5.74, 6) is -0.847. The summed E-state index contributed by atoms with van der Waals surface area (Å²) in [6, 6.07) is 10.1. The third kappa shape index (κ3) is 6.72. The van der Waals surface area contributed by atoms with E-state index < -0.39 is 38.5 Å². The molecule has 0 aliphatic rings. The number of rotatable bonds is 9. The fourth-order valence-corrected chi connectivity index (χ4v) is 4.93. The average molecular weight is 474 g/mol. The molecular formula is C19H24FN3O6S2. The Hall–Kier alpha value is -2.54. The second-order valence-electron chi connectivity index (χ2n) is 6.92. The Morgan fingerprint density at radius 2 is 1.58 bits per heavy atom. The van der Waals surface area contributed by atoms with E-state index in [9.17, 15) is 31.1 Å². The second-order valence-corrected chi connectivity index (χ2v) is 10.9. The number of hydrogen-bond acceptors (Lipinski definition) is 6. The molecule has 12 heteroatoms. The average Bonchev–Trinajstić information content (AvgIpc) is 2.66. The van der Waals surface area contributed by atoms with Gasteiger partial charge in [0.05, 0.1) is 29.5 Å². The lowest BCUT2D eigenvalue weighted by molar-refractivity contribution is -0.114. The Kier molecular flexibility index (Phi) is 7.76. The van der Waals surface area contributed by atoms with Crippen LogP contribution in [0.4, 0.5) is 15.8 Å². The first-order valence-corrected chi connectivity index (χ1v) is 12.3. The molecule has 0 saturated heterocycles. The van der Waals surface area contributed by atoms with E-state index in [-0.39, 0.29) is 23.0 Å². The van der Waals surface area contributed by atoms with Crippen LogP contribution in [0.2, 0.25) is 0 Å². The summed E-state index contributed by atoms with van der Waals surface area (Å²) in [6.45, 7) is 0.514. The summed E-state index contributed by atoms with van der Waals surface area (Å²) in [5.41, 5.74) is 0.569. The highest BCUT2D eigenvalue weighted by atomic mass is 32.2. The Morgan fingerprint density at radius 1 is 1.03 bits per heavy atom. The van der Waals surface area contributed by atoms with E-state index in [1.54, 1.807) is 0 Å². The molecule has 170 valence electrons. The lowest BCUT2D eigenvalue weighted by Gasteiger charge is -2.27. The summed E-state index contributed by atoms with van der Waals surface area (Å²) < 4.78 is 64.7. The molecule has 0 radical (unpaired) electrons. The minimum atomic E-state index is -3.98. The van der Waals surface area contributed by atoms with Crippen LogP contribution in [-0.2, 0) is 24.8 Å². The minimum Gasteiger partial charge on any atom is -0.390 e. The van der Waals surface area contributed by atoms with E-state index in [4.69, 9.17) is 0 Å². The second kappa shape index (κ2) is 9.73. The lowest BCUT2D eigenvalue weighted by Crippen LogP contribution is -2.43. The van der Waals surface area contributed by atoms with E-state index in [1.165, 1.54) is 50.4 Å². The number of nitrogens with one attached hydrogen (secondary N) is 1. The van der Waals surface area contributed by atoms with Crippen LogP contribution in [0.1, 0.15) is 6.92 Å². The van der Waals surface area contributed by atoms with Gasteiger partial charge < -0.3 is 10.4 Å². The van der Waals surface area contributed by atoms with E-state index >= 15 is 0 Å². The van der Waals surface area contributed by atoms with Gasteiger partial charge in [-0.3, -0.25) is 9.10 Å². The molecule has 0 unspecified atom stereocenters. The summed E-state index contributed by atoms with van der Waals surface area (Å²) >= 11 is 0. The Bertz CT molecular complexity index is 1120. The van der Waals surface area contributed by atoms with Crippen molar-refractivity contribution in [1.29, 1.82) is 0 Å². The molecule has 2 rings (SSSR count). The van der Waals surface area contributed by atoms with Crippen LogP contribution < -0.4 is 9.62 Å². The van der Waals surface area contributed by atoms with Gasteiger partial charge in [-0.2, -0.15) is 4.31 Å². The predicted molar refractivity (Wildman–Crippen MR) is 115 cm³/mol. The molecule has 2 aromatic carbocycles. The van der Waals surface area contributed by atoms with Gasteiger partial charge in [0.2, 0.25) is 26.0 Å². The summed E-state index contributed by atoms with van der Waals surface area (Å²) in [5, 5.41) is 12.9. The van der Waals surface area contributed by atoms with Gasteiger partial charge in [0.1, 0.15) is 5.82 Å². The van der Waals surface area contributed by atoms with Crippen LogP contribution in [-0.4, -0.2) is 64.7 Å². The van der Waals surface area contributed by atoms with Gasteiger partial charge >= 0.3 is 0 Å². The molecule has 0 fully saturated rings. The van der Waals surface area contributed by atoms with Crippen molar-refractivity contribution < 1.29 is 31.1 Å². The molecule has 9 nitrogen and oxygen atoms in total. The van der Waals surface area contributed by atoms with Crippen LogP contribution in [0.15, 0.2) is 53.4 Å². The highest BCUT2D eigenvalue weighted by molar-refractivity contribution is 7.92. The van der Waals surface area contributed by atoms with Gasteiger partial charge in [-0.25, -0.2) is 21.2 Å². The van der Waals surface area contributed by atoms with Crippen molar-refractivity contribution in [3.63, 3.8) is 0 Å². The highest BCUT2D eigenvalue weighted by Crippen LogP contribution is 2.20. The van der Waals surface area contributed by atoms with E-state index in [0.717, 1.165) is 27.0 Å². The number of sulfonamides is 2. The maximum absolute atomic E-state index is 13.1. The summed E-state index contributed by atoms with van der Waals surface area (Å²) in [4.78, 5) is 11.0. The highest BCUT2D eigenvalue weighted by Gasteiger charge is 2.26. The number of benzene rings is 2. The molecule has 0 bridgehead atoms. The Balaban J connectivity index is 2.14. The van der Waals surface area contributed by atoms with E-state index in [0.29, 0.717) is 5.69 Å². The van der Waals surface area contributed by atoms with Crippen molar-refractivity contribution in [1.82, 2.24) is 4.31 Å². The molecule has 1 amide bonds. The van der Waals surface area contributed by atoms with Crippen LogP contribution in [0.25, 0.3) is 0 Å².